The number of hydrogen-bond donors (Lipinski definition) is 2. The number of aromatic nitrogens is 1. The maximum Gasteiger partial charge on any atom is 0.219 e. The molecule has 6 heteroatoms. The van der Waals surface area contributed by atoms with Crippen LogP contribution in [0, 0.1) is 11.2 Å². The standard InChI is InChI=1S/C17H12FN3S2/c18-12-6-4-11(5-7-12)14-13(10-19)16(22)20-17(23)15(14)21-8-2-1-3-9-21/h1-9,14-15,19H/p+1/t14-,15+/m0/s1. The van der Waals surface area contributed by atoms with Crippen molar-refractivity contribution in [1.29, 1.82) is 5.41 Å². The molecule has 1 saturated heterocycles. The molecule has 0 unspecified atom stereocenters. The van der Waals surface area contributed by atoms with Gasteiger partial charge in [-0.3, -0.25) is 5.41 Å². The van der Waals surface area contributed by atoms with Gasteiger partial charge in [-0.2, -0.15) is 4.57 Å². The van der Waals surface area contributed by atoms with Gasteiger partial charge in [0.05, 0.1) is 11.5 Å². The summed E-state index contributed by atoms with van der Waals surface area (Å²) in [6.07, 6.45) is 3.82. The van der Waals surface area contributed by atoms with Crippen LogP contribution in [0.3, 0.4) is 0 Å². The number of piperidine rings is 1. The largest absolute Gasteiger partial charge is 0.335 e. The average molecular weight is 342 g/mol. The molecule has 2 N–H and O–H groups in total. The molecule has 1 aliphatic rings. The van der Waals surface area contributed by atoms with Gasteiger partial charge in [0.15, 0.2) is 17.4 Å². The highest BCUT2D eigenvalue weighted by molar-refractivity contribution is 7.82. The third-order valence-electron chi connectivity index (χ3n) is 3.80. The Balaban J connectivity index is 2.17. The third kappa shape index (κ3) is 2.97. The minimum atomic E-state index is -0.308. The topological polar surface area (TPSA) is 39.8 Å². The number of benzene rings is 1. The summed E-state index contributed by atoms with van der Waals surface area (Å²) in [5.41, 5.74) is 1.38. The molecule has 114 valence electrons. The highest BCUT2D eigenvalue weighted by Crippen LogP contribution is 2.35. The van der Waals surface area contributed by atoms with E-state index in [1.165, 1.54) is 12.1 Å². The molecule has 0 bridgehead atoms. The van der Waals surface area contributed by atoms with Crippen LogP contribution in [-0.4, -0.2) is 15.8 Å². The Morgan fingerprint density at radius 2 is 1.74 bits per heavy atom. The monoisotopic (exact) mass is 342 g/mol. The number of halogens is 1. The molecule has 1 aromatic carbocycles. The van der Waals surface area contributed by atoms with E-state index in [2.05, 4.69) is 11.2 Å². The van der Waals surface area contributed by atoms with Gasteiger partial charge >= 0.3 is 0 Å². The van der Waals surface area contributed by atoms with Gasteiger partial charge < -0.3 is 5.32 Å². The van der Waals surface area contributed by atoms with Crippen LogP contribution in [0.5, 0.6) is 0 Å². The van der Waals surface area contributed by atoms with Crippen molar-refractivity contribution in [2.24, 2.45) is 0 Å². The second kappa shape index (κ2) is 6.46. The molecule has 1 fully saturated rings. The molecule has 0 amide bonds. The second-order valence-corrected chi connectivity index (χ2v) is 6.00. The molecule has 1 aromatic heterocycles. The van der Waals surface area contributed by atoms with E-state index in [-0.39, 0.29) is 17.8 Å². The van der Waals surface area contributed by atoms with Gasteiger partial charge in [0.1, 0.15) is 10.8 Å². The summed E-state index contributed by atoms with van der Waals surface area (Å²) in [5.74, 6) is 1.84. The number of pyridine rings is 1. The first-order valence-corrected chi connectivity index (χ1v) is 7.79. The van der Waals surface area contributed by atoms with Crippen molar-refractivity contribution < 1.29 is 8.96 Å². The number of thiocarbonyl (C=S) groups is 2. The van der Waals surface area contributed by atoms with Crippen molar-refractivity contribution in [3.63, 3.8) is 0 Å². The maximum atomic E-state index is 13.3. The van der Waals surface area contributed by atoms with E-state index in [1.54, 1.807) is 12.1 Å². The van der Waals surface area contributed by atoms with Crippen molar-refractivity contribution in [3.05, 3.63) is 71.8 Å². The summed E-state index contributed by atoms with van der Waals surface area (Å²) in [7, 11) is 0. The van der Waals surface area contributed by atoms with Gasteiger partial charge in [-0.25, -0.2) is 4.39 Å². The average Bonchev–Trinajstić information content (AvgIpc) is 2.56. The lowest BCUT2D eigenvalue weighted by Crippen LogP contribution is -2.55. The first-order valence-electron chi connectivity index (χ1n) is 6.98. The first-order chi connectivity index (χ1) is 11.1. The molecule has 2 heterocycles. The van der Waals surface area contributed by atoms with Crippen LogP contribution in [0.15, 0.2) is 60.4 Å². The van der Waals surface area contributed by atoms with E-state index in [0.29, 0.717) is 15.6 Å². The normalized spacial score (nSPS) is 20.8. The van der Waals surface area contributed by atoms with Gasteiger partial charge in [-0.1, -0.05) is 42.6 Å². The quantitative estimate of drug-likeness (QED) is 0.382. The second-order valence-electron chi connectivity index (χ2n) is 5.15. The number of hydrogen-bond acceptors (Lipinski definition) is 3. The number of nitrogens with zero attached hydrogens (tertiary/aromatic N) is 1. The first kappa shape index (κ1) is 15.6. The molecular formula is C17H13FN3S2+. The summed E-state index contributed by atoms with van der Waals surface area (Å²) >= 11 is 10.8. The Labute approximate surface area is 144 Å². The van der Waals surface area contributed by atoms with Crippen LogP contribution in [0.25, 0.3) is 0 Å². The van der Waals surface area contributed by atoms with E-state index >= 15 is 0 Å². The fourth-order valence-corrected chi connectivity index (χ4v) is 3.47. The Hall–Kier alpha value is -2.27. The Morgan fingerprint density at radius 1 is 1.09 bits per heavy atom. The highest BCUT2D eigenvalue weighted by Gasteiger charge is 2.43. The molecule has 0 radical (unpaired) electrons. The predicted molar refractivity (Wildman–Crippen MR) is 94.4 cm³/mol. The Kier molecular flexibility index (Phi) is 4.39. The zero-order valence-corrected chi connectivity index (χ0v) is 13.6. The molecule has 2 atom stereocenters. The molecule has 1 aliphatic heterocycles. The summed E-state index contributed by atoms with van der Waals surface area (Å²) in [5, 5.41) is 10.6. The number of rotatable bonds is 2. The van der Waals surface area contributed by atoms with E-state index in [9.17, 15) is 4.39 Å². The van der Waals surface area contributed by atoms with Crippen molar-refractivity contribution in [2.45, 2.75) is 12.0 Å². The minimum Gasteiger partial charge on any atom is -0.335 e. The smallest absolute Gasteiger partial charge is 0.219 e. The highest BCUT2D eigenvalue weighted by atomic mass is 32.1. The minimum absolute atomic E-state index is 0.254. The molecule has 3 nitrogen and oxygen atoms in total. The third-order valence-corrected chi connectivity index (χ3v) is 4.47. The van der Waals surface area contributed by atoms with E-state index in [4.69, 9.17) is 29.8 Å². The lowest BCUT2D eigenvalue weighted by molar-refractivity contribution is -0.708. The van der Waals surface area contributed by atoms with E-state index in [1.807, 2.05) is 35.2 Å². The molecule has 0 saturated carbocycles. The van der Waals surface area contributed by atoms with Gasteiger partial charge in [0, 0.05) is 12.1 Å². The van der Waals surface area contributed by atoms with Crippen LogP contribution in [0.2, 0.25) is 0 Å². The van der Waals surface area contributed by atoms with Crippen molar-refractivity contribution in [1.82, 2.24) is 5.32 Å². The lowest BCUT2D eigenvalue weighted by Gasteiger charge is -2.30. The number of nitrogens with one attached hydrogen (secondary N) is 2. The van der Waals surface area contributed by atoms with E-state index < -0.39 is 0 Å². The van der Waals surface area contributed by atoms with Crippen molar-refractivity contribution in [3.8, 4) is 0 Å². The van der Waals surface area contributed by atoms with Crippen LogP contribution in [-0.2, 0) is 0 Å². The van der Waals surface area contributed by atoms with Crippen LogP contribution >= 0.6 is 24.4 Å². The molecule has 3 rings (SSSR count). The SMILES string of the molecule is N=C=C1C(=S)NC(=S)[C@H]([n+]2ccccc2)[C@H]1c1ccc(F)cc1. The molecule has 23 heavy (non-hydrogen) atoms. The predicted octanol–water partition coefficient (Wildman–Crippen LogP) is 2.87. The fraction of sp³-hybridized carbons (Fsp3) is 0.118. The summed E-state index contributed by atoms with van der Waals surface area (Å²) < 4.78 is 15.2. The summed E-state index contributed by atoms with van der Waals surface area (Å²) in [6, 6.07) is 11.7. The zero-order valence-electron chi connectivity index (χ0n) is 12.0. The van der Waals surface area contributed by atoms with Gasteiger partial charge in [0.2, 0.25) is 6.04 Å². The van der Waals surface area contributed by atoms with Gasteiger partial charge in [-0.05, 0) is 23.6 Å². The summed E-state index contributed by atoms with van der Waals surface area (Å²) in [4.78, 5) is 0.964. The maximum absolute atomic E-state index is 13.3. The van der Waals surface area contributed by atoms with Crippen LogP contribution in [0.4, 0.5) is 4.39 Å². The Morgan fingerprint density at radius 3 is 2.35 bits per heavy atom. The van der Waals surface area contributed by atoms with Gasteiger partial charge in [-0.15, -0.1) is 0 Å². The van der Waals surface area contributed by atoms with Crippen LogP contribution in [0.1, 0.15) is 17.5 Å². The van der Waals surface area contributed by atoms with Crippen molar-refractivity contribution >= 4 is 40.3 Å². The summed E-state index contributed by atoms with van der Waals surface area (Å²) in [6.45, 7) is 0. The zero-order chi connectivity index (χ0) is 16.4. The fourth-order valence-electron chi connectivity index (χ4n) is 2.76. The molecule has 0 spiro atoms. The van der Waals surface area contributed by atoms with E-state index in [0.717, 1.165) is 5.56 Å². The molecular weight excluding hydrogens is 329 g/mol. The van der Waals surface area contributed by atoms with Gasteiger partial charge in [0.25, 0.3) is 0 Å². The van der Waals surface area contributed by atoms with Crippen LogP contribution < -0.4 is 9.88 Å². The molecule has 2 aromatic rings. The Bertz CT molecular complexity index is 811. The molecule has 0 aliphatic carbocycles. The lowest BCUT2D eigenvalue weighted by atomic mass is 9.82. The van der Waals surface area contributed by atoms with Crippen molar-refractivity contribution in [2.75, 3.05) is 0 Å².